The summed E-state index contributed by atoms with van der Waals surface area (Å²) < 4.78 is 10.5. The molecule has 0 radical (unpaired) electrons. The average Bonchev–Trinajstić information content (AvgIpc) is 2.64. The zero-order valence-electron chi connectivity index (χ0n) is 16.2. The number of amidine groups is 1. The molecule has 1 saturated heterocycles. The van der Waals surface area contributed by atoms with Crippen molar-refractivity contribution in [1.29, 1.82) is 0 Å². The van der Waals surface area contributed by atoms with Crippen LogP contribution in [0.5, 0.6) is 5.75 Å². The minimum absolute atomic E-state index is 0.0114. The minimum atomic E-state index is -0.677. The van der Waals surface area contributed by atoms with E-state index in [4.69, 9.17) is 9.47 Å². The summed E-state index contributed by atoms with van der Waals surface area (Å²) >= 11 is 0. The second kappa shape index (κ2) is 8.75. The highest BCUT2D eigenvalue weighted by Gasteiger charge is 2.35. The van der Waals surface area contributed by atoms with Crippen LogP contribution in [0.4, 0.5) is 4.79 Å². The highest BCUT2D eigenvalue weighted by molar-refractivity contribution is 6.09. The molecule has 1 aromatic rings. The van der Waals surface area contributed by atoms with Crippen LogP contribution in [0.3, 0.4) is 0 Å². The number of hydrogen-bond acceptors (Lipinski definition) is 6. The van der Waals surface area contributed by atoms with E-state index in [9.17, 15) is 14.8 Å². The number of nitrogens with one attached hydrogen (secondary N) is 1. The van der Waals surface area contributed by atoms with E-state index in [-0.39, 0.29) is 5.84 Å². The van der Waals surface area contributed by atoms with E-state index < -0.39 is 23.6 Å². The maximum Gasteiger partial charge on any atom is 0.410 e. The number of amides is 2. The van der Waals surface area contributed by atoms with E-state index >= 15 is 0 Å². The van der Waals surface area contributed by atoms with Gasteiger partial charge in [-0.2, -0.15) is 0 Å². The zero-order valence-corrected chi connectivity index (χ0v) is 16.2. The molecule has 1 heterocycles. The monoisotopic (exact) mass is 377 g/mol. The third-order valence-electron chi connectivity index (χ3n) is 4.14. The molecule has 1 unspecified atom stereocenters. The van der Waals surface area contributed by atoms with E-state index in [1.165, 1.54) is 4.90 Å². The molecule has 1 aliphatic rings. The summed E-state index contributed by atoms with van der Waals surface area (Å²) in [6.45, 7) is 5.79. The lowest BCUT2D eigenvalue weighted by molar-refractivity contribution is -0.126. The number of benzene rings is 1. The average molecular weight is 377 g/mol. The molecule has 0 saturated carbocycles. The largest absolute Gasteiger partial charge is 0.497 e. The van der Waals surface area contributed by atoms with Gasteiger partial charge in [-0.25, -0.2) is 4.79 Å². The van der Waals surface area contributed by atoms with Crippen LogP contribution < -0.4 is 10.1 Å². The first-order valence-electron chi connectivity index (χ1n) is 8.92. The number of methoxy groups -OCH3 is 1. The van der Waals surface area contributed by atoms with Crippen LogP contribution in [0.1, 0.15) is 45.6 Å². The highest BCUT2D eigenvalue weighted by Crippen LogP contribution is 2.21. The molecule has 1 aliphatic heterocycles. The van der Waals surface area contributed by atoms with Gasteiger partial charge in [0.1, 0.15) is 17.4 Å². The Labute approximate surface area is 159 Å². The van der Waals surface area contributed by atoms with Crippen molar-refractivity contribution in [3.63, 3.8) is 0 Å². The Hall–Kier alpha value is -2.77. The molecule has 148 valence electrons. The van der Waals surface area contributed by atoms with Crippen molar-refractivity contribution in [3.05, 3.63) is 29.8 Å². The topological polar surface area (TPSA) is 100 Å². The fraction of sp³-hybridized carbons (Fsp3) is 0.526. The first kappa shape index (κ1) is 20.5. The predicted octanol–water partition coefficient (Wildman–Crippen LogP) is 2.74. The summed E-state index contributed by atoms with van der Waals surface area (Å²) in [5, 5.41) is 15.1. The summed E-state index contributed by atoms with van der Waals surface area (Å²) in [5.41, 5.74) is -0.123. The van der Waals surface area contributed by atoms with Crippen molar-refractivity contribution in [2.45, 2.75) is 51.7 Å². The summed E-state index contributed by atoms with van der Waals surface area (Å²) in [6.07, 6.45) is 1.63. The number of oxime groups is 1. The van der Waals surface area contributed by atoms with Crippen LogP contribution in [-0.4, -0.2) is 53.2 Å². The van der Waals surface area contributed by atoms with E-state index in [0.717, 1.165) is 12.8 Å². The molecular formula is C19H27N3O5. The molecule has 0 aliphatic carbocycles. The second-order valence-corrected chi connectivity index (χ2v) is 7.35. The molecule has 0 bridgehead atoms. The van der Waals surface area contributed by atoms with Crippen LogP contribution >= 0.6 is 0 Å². The number of likely N-dealkylation sites (tertiary alicyclic amines) is 1. The molecule has 8 nitrogen and oxygen atoms in total. The minimum Gasteiger partial charge on any atom is -0.497 e. The number of piperidine rings is 1. The van der Waals surface area contributed by atoms with Crippen molar-refractivity contribution >= 4 is 17.8 Å². The van der Waals surface area contributed by atoms with Crippen molar-refractivity contribution in [3.8, 4) is 5.75 Å². The van der Waals surface area contributed by atoms with Gasteiger partial charge < -0.3 is 20.0 Å². The number of ether oxygens (including phenoxy) is 2. The Morgan fingerprint density at radius 3 is 2.44 bits per heavy atom. The van der Waals surface area contributed by atoms with E-state index in [1.54, 1.807) is 52.1 Å². The number of carbonyl (C=O) groups is 2. The van der Waals surface area contributed by atoms with Gasteiger partial charge in [0.15, 0.2) is 5.84 Å². The molecule has 2 rings (SSSR count). The van der Waals surface area contributed by atoms with Gasteiger partial charge in [0, 0.05) is 12.1 Å². The van der Waals surface area contributed by atoms with Crippen molar-refractivity contribution in [2.75, 3.05) is 13.7 Å². The molecular weight excluding hydrogens is 350 g/mol. The maximum absolute atomic E-state index is 12.8. The fourth-order valence-corrected chi connectivity index (χ4v) is 2.85. The van der Waals surface area contributed by atoms with E-state index in [1.807, 2.05) is 0 Å². The third kappa shape index (κ3) is 5.60. The van der Waals surface area contributed by atoms with Gasteiger partial charge in [0.2, 0.25) is 5.91 Å². The smallest absolute Gasteiger partial charge is 0.410 e. The molecule has 2 amide bonds. The molecule has 1 aromatic carbocycles. The number of rotatable bonds is 3. The predicted molar refractivity (Wildman–Crippen MR) is 100 cm³/mol. The van der Waals surface area contributed by atoms with Gasteiger partial charge in [0.25, 0.3) is 0 Å². The molecule has 27 heavy (non-hydrogen) atoms. The standard InChI is InChI=1S/C19H27N3O5/c1-19(2,3)27-18(24)22-12-6-5-7-15(22)17(23)20-16(21-25)13-8-10-14(26-4)11-9-13/h8-11,15,25H,5-7,12H2,1-4H3,(H,20,21,23). The van der Waals surface area contributed by atoms with Crippen molar-refractivity contribution in [1.82, 2.24) is 10.2 Å². The maximum atomic E-state index is 12.8. The van der Waals surface area contributed by atoms with Gasteiger partial charge >= 0.3 is 6.09 Å². The molecule has 1 fully saturated rings. The van der Waals surface area contributed by atoms with Crippen LogP contribution in [-0.2, 0) is 9.53 Å². The zero-order chi connectivity index (χ0) is 20.0. The third-order valence-corrected chi connectivity index (χ3v) is 4.14. The second-order valence-electron chi connectivity index (χ2n) is 7.35. The Balaban J connectivity index is 2.11. The van der Waals surface area contributed by atoms with Gasteiger partial charge in [-0.05, 0) is 64.3 Å². The van der Waals surface area contributed by atoms with Crippen molar-refractivity contribution in [2.24, 2.45) is 5.16 Å². The van der Waals surface area contributed by atoms with Crippen LogP contribution in [0.15, 0.2) is 29.4 Å². The molecule has 0 aromatic heterocycles. The summed E-state index contributed by atoms with van der Waals surface area (Å²) in [5.74, 6) is 0.243. The molecule has 8 heteroatoms. The first-order valence-corrected chi connectivity index (χ1v) is 8.92. The van der Waals surface area contributed by atoms with Gasteiger partial charge in [0.05, 0.1) is 7.11 Å². The summed E-state index contributed by atoms with van der Waals surface area (Å²) in [7, 11) is 1.55. The summed E-state index contributed by atoms with van der Waals surface area (Å²) in [4.78, 5) is 26.7. The highest BCUT2D eigenvalue weighted by atomic mass is 16.6. The Kier molecular flexibility index (Phi) is 6.65. The number of nitrogens with zero attached hydrogens (tertiary/aromatic N) is 2. The Morgan fingerprint density at radius 1 is 1.22 bits per heavy atom. The fourth-order valence-electron chi connectivity index (χ4n) is 2.85. The van der Waals surface area contributed by atoms with Gasteiger partial charge in [-0.1, -0.05) is 5.16 Å². The molecule has 1 atom stereocenters. The van der Waals surface area contributed by atoms with Gasteiger partial charge in [-0.15, -0.1) is 0 Å². The number of carbonyl (C=O) groups excluding carboxylic acids is 2. The molecule has 0 spiro atoms. The van der Waals surface area contributed by atoms with E-state index in [2.05, 4.69) is 10.5 Å². The lowest BCUT2D eigenvalue weighted by Gasteiger charge is -2.35. The van der Waals surface area contributed by atoms with E-state index in [0.29, 0.717) is 24.3 Å². The normalized spacial score (nSPS) is 18.0. The first-order chi connectivity index (χ1) is 12.7. The Bertz CT molecular complexity index is 694. The van der Waals surface area contributed by atoms with Crippen LogP contribution in [0.2, 0.25) is 0 Å². The van der Waals surface area contributed by atoms with Crippen molar-refractivity contribution < 1.29 is 24.3 Å². The lowest BCUT2D eigenvalue weighted by atomic mass is 10.0. The quantitative estimate of drug-likeness (QED) is 0.365. The van der Waals surface area contributed by atoms with Crippen LogP contribution in [0.25, 0.3) is 0 Å². The van der Waals surface area contributed by atoms with Gasteiger partial charge in [-0.3, -0.25) is 9.69 Å². The van der Waals surface area contributed by atoms with Crippen LogP contribution in [0, 0.1) is 0 Å². The SMILES string of the molecule is COc1ccc(C(=NO)NC(=O)C2CCCCN2C(=O)OC(C)(C)C)cc1. The molecule has 2 N–H and O–H groups in total. The Morgan fingerprint density at radius 2 is 1.89 bits per heavy atom. The number of hydrogen-bond donors (Lipinski definition) is 2. The lowest BCUT2D eigenvalue weighted by Crippen LogP contribution is -2.54. The summed E-state index contributed by atoms with van der Waals surface area (Å²) in [6, 6.07) is 6.05.